The zero-order valence-corrected chi connectivity index (χ0v) is 16.4. The van der Waals surface area contributed by atoms with Gasteiger partial charge in [-0.3, -0.25) is 9.59 Å². The van der Waals surface area contributed by atoms with Gasteiger partial charge in [-0.15, -0.1) is 0 Å². The number of hydrogen-bond donors (Lipinski definition) is 3. The molecule has 3 aromatic carbocycles. The Morgan fingerprint density at radius 3 is 2.13 bits per heavy atom. The number of nitrogens with zero attached hydrogens (tertiary/aromatic N) is 1. The molecule has 6 heteroatoms. The van der Waals surface area contributed by atoms with Crippen molar-refractivity contribution in [1.29, 1.82) is 0 Å². The number of phenolic OH excluding ortho intramolecular Hbond substituents is 1. The molecule has 30 heavy (non-hydrogen) atoms. The first-order valence-corrected chi connectivity index (χ1v) is 9.31. The van der Waals surface area contributed by atoms with Crippen LogP contribution in [-0.4, -0.2) is 22.6 Å². The van der Waals surface area contributed by atoms with Gasteiger partial charge in [-0.1, -0.05) is 60.7 Å². The van der Waals surface area contributed by atoms with Gasteiger partial charge in [-0.2, -0.15) is 5.10 Å². The first kappa shape index (κ1) is 20.5. The average molecular weight is 399 g/mol. The van der Waals surface area contributed by atoms with Gasteiger partial charge < -0.3 is 10.4 Å². The van der Waals surface area contributed by atoms with Crippen molar-refractivity contribution < 1.29 is 14.7 Å². The van der Waals surface area contributed by atoms with Gasteiger partial charge in [0.25, 0.3) is 11.8 Å². The third kappa shape index (κ3) is 5.42. The highest BCUT2D eigenvalue weighted by Gasteiger charge is 2.15. The monoisotopic (exact) mass is 399 g/mol. The lowest BCUT2D eigenvalue weighted by Crippen LogP contribution is -2.33. The molecule has 0 aromatic heterocycles. The molecule has 0 saturated carbocycles. The minimum absolute atomic E-state index is 0.0453. The Labute approximate surface area is 174 Å². The van der Waals surface area contributed by atoms with Crippen molar-refractivity contribution in [2.75, 3.05) is 0 Å². The van der Waals surface area contributed by atoms with Crippen LogP contribution in [0.2, 0.25) is 0 Å². The quantitative estimate of drug-likeness (QED) is 0.335. The standard InChI is InChI=1S/C24H21N3O3/c1-17(20-14-8-9-15-22(20)28)26-27-24(30)21(16-18-10-4-2-5-11-18)25-23(29)19-12-6-3-7-13-19/h2-16,28H,1H3,(H,25,29)(H,27,30)/b21-16-,26-17+. The maximum Gasteiger partial charge on any atom is 0.287 e. The number of carbonyl (C=O) groups excluding carboxylic acids is 2. The number of para-hydroxylation sites is 1. The van der Waals surface area contributed by atoms with E-state index in [1.807, 2.05) is 30.3 Å². The molecule has 0 fully saturated rings. The van der Waals surface area contributed by atoms with Crippen LogP contribution in [0.5, 0.6) is 5.75 Å². The average Bonchev–Trinajstić information content (AvgIpc) is 2.78. The molecule has 0 unspecified atom stereocenters. The van der Waals surface area contributed by atoms with Crippen molar-refractivity contribution in [2.24, 2.45) is 5.10 Å². The van der Waals surface area contributed by atoms with E-state index < -0.39 is 11.8 Å². The summed E-state index contributed by atoms with van der Waals surface area (Å²) < 4.78 is 0. The summed E-state index contributed by atoms with van der Waals surface area (Å²) >= 11 is 0. The van der Waals surface area contributed by atoms with E-state index in [1.54, 1.807) is 61.5 Å². The van der Waals surface area contributed by atoms with E-state index in [-0.39, 0.29) is 11.4 Å². The van der Waals surface area contributed by atoms with E-state index in [9.17, 15) is 14.7 Å². The van der Waals surface area contributed by atoms with Crippen LogP contribution >= 0.6 is 0 Å². The fourth-order valence-corrected chi connectivity index (χ4v) is 2.69. The Morgan fingerprint density at radius 1 is 0.867 bits per heavy atom. The predicted octanol–water partition coefficient (Wildman–Crippen LogP) is 3.70. The van der Waals surface area contributed by atoms with Crippen LogP contribution in [0.15, 0.2) is 95.7 Å². The third-order valence-electron chi connectivity index (χ3n) is 4.26. The lowest BCUT2D eigenvalue weighted by atomic mass is 10.1. The number of rotatable bonds is 6. The minimum atomic E-state index is -0.585. The van der Waals surface area contributed by atoms with Crippen molar-refractivity contribution >= 4 is 23.6 Å². The smallest absolute Gasteiger partial charge is 0.287 e. The van der Waals surface area contributed by atoms with E-state index in [0.29, 0.717) is 16.8 Å². The fourth-order valence-electron chi connectivity index (χ4n) is 2.69. The summed E-state index contributed by atoms with van der Waals surface area (Å²) in [5.74, 6) is -0.933. The summed E-state index contributed by atoms with van der Waals surface area (Å²) in [4.78, 5) is 25.3. The first-order chi connectivity index (χ1) is 14.5. The van der Waals surface area contributed by atoms with Gasteiger partial charge in [0, 0.05) is 11.1 Å². The number of benzene rings is 3. The summed E-state index contributed by atoms with van der Waals surface area (Å²) in [6, 6.07) is 24.5. The number of carbonyl (C=O) groups is 2. The molecular formula is C24H21N3O3. The molecule has 0 heterocycles. The summed E-state index contributed by atoms with van der Waals surface area (Å²) in [6.45, 7) is 1.67. The van der Waals surface area contributed by atoms with Crippen molar-refractivity contribution in [3.05, 3.63) is 107 Å². The Hall–Kier alpha value is -4.19. The van der Waals surface area contributed by atoms with Crippen molar-refractivity contribution in [3.8, 4) is 5.75 Å². The van der Waals surface area contributed by atoms with Crippen molar-refractivity contribution in [3.63, 3.8) is 0 Å². The van der Waals surface area contributed by atoms with Gasteiger partial charge in [0.15, 0.2) is 0 Å². The number of nitrogens with one attached hydrogen (secondary N) is 2. The van der Waals surface area contributed by atoms with Gasteiger partial charge in [0.2, 0.25) is 0 Å². The SMILES string of the molecule is C/C(=N\NC(=O)/C(=C/c1ccccc1)NC(=O)c1ccccc1)c1ccccc1O. The van der Waals surface area contributed by atoms with Crippen LogP contribution in [0, 0.1) is 0 Å². The normalized spacial score (nSPS) is 11.6. The van der Waals surface area contributed by atoms with Crippen LogP contribution in [0.3, 0.4) is 0 Å². The van der Waals surface area contributed by atoms with Gasteiger partial charge in [0.1, 0.15) is 11.4 Å². The van der Waals surface area contributed by atoms with Crippen LogP contribution in [0.4, 0.5) is 0 Å². The van der Waals surface area contributed by atoms with Crippen LogP contribution in [-0.2, 0) is 4.79 Å². The number of hydrogen-bond acceptors (Lipinski definition) is 4. The second kappa shape index (κ2) is 9.84. The van der Waals surface area contributed by atoms with E-state index in [4.69, 9.17) is 0 Å². The molecule has 0 radical (unpaired) electrons. The van der Waals surface area contributed by atoms with Crippen LogP contribution in [0.1, 0.15) is 28.4 Å². The van der Waals surface area contributed by atoms with Gasteiger partial charge in [-0.25, -0.2) is 5.43 Å². The summed E-state index contributed by atoms with van der Waals surface area (Å²) in [7, 11) is 0. The zero-order chi connectivity index (χ0) is 21.3. The Balaban J connectivity index is 1.83. The number of aromatic hydroxyl groups is 1. The Bertz CT molecular complexity index is 1090. The molecule has 0 spiro atoms. The maximum atomic E-state index is 12.8. The van der Waals surface area contributed by atoms with Crippen molar-refractivity contribution in [2.45, 2.75) is 6.92 Å². The van der Waals surface area contributed by atoms with E-state index in [0.717, 1.165) is 5.56 Å². The maximum absolute atomic E-state index is 12.8. The molecule has 0 atom stereocenters. The second-order valence-corrected chi connectivity index (χ2v) is 6.44. The third-order valence-corrected chi connectivity index (χ3v) is 4.26. The van der Waals surface area contributed by atoms with Gasteiger partial charge >= 0.3 is 0 Å². The minimum Gasteiger partial charge on any atom is -0.507 e. The topological polar surface area (TPSA) is 90.8 Å². The lowest BCUT2D eigenvalue weighted by molar-refractivity contribution is -0.117. The number of phenols is 1. The second-order valence-electron chi connectivity index (χ2n) is 6.44. The summed E-state index contributed by atoms with van der Waals surface area (Å²) in [5, 5.41) is 16.6. The summed E-state index contributed by atoms with van der Waals surface area (Å²) in [5.41, 5.74) is 4.59. The zero-order valence-electron chi connectivity index (χ0n) is 16.4. The largest absolute Gasteiger partial charge is 0.507 e. The highest BCUT2D eigenvalue weighted by Crippen LogP contribution is 2.16. The highest BCUT2D eigenvalue weighted by atomic mass is 16.3. The molecule has 3 N–H and O–H groups in total. The van der Waals surface area contributed by atoms with Gasteiger partial charge in [-0.05, 0) is 42.8 Å². The van der Waals surface area contributed by atoms with Crippen LogP contribution < -0.4 is 10.7 Å². The summed E-state index contributed by atoms with van der Waals surface area (Å²) in [6.07, 6.45) is 1.57. The molecule has 0 aliphatic heterocycles. The molecule has 150 valence electrons. The predicted molar refractivity (Wildman–Crippen MR) is 117 cm³/mol. The van der Waals surface area contributed by atoms with E-state index in [1.165, 1.54) is 6.07 Å². The molecule has 0 bridgehead atoms. The Morgan fingerprint density at radius 2 is 1.47 bits per heavy atom. The molecule has 0 saturated heterocycles. The van der Waals surface area contributed by atoms with E-state index >= 15 is 0 Å². The molecule has 0 aliphatic carbocycles. The number of hydrazone groups is 1. The molecule has 3 aromatic rings. The Kier molecular flexibility index (Phi) is 6.74. The first-order valence-electron chi connectivity index (χ1n) is 9.31. The van der Waals surface area contributed by atoms with E-state index in [2.05, 4.69) is 15.8 Å². The highest BCUT2D eigenvalue weighted by molar-refractivity contribution is 6.06. The molecule has 2 amide bonds. The molecular weight excluding hydrogens is 378 g/mol. The number of amides is 2. The van der Waals surface area contributed by atoms with Gasteiger partial charge in [0.05, 0.1) is 5.71 Å². The van der Waals surface area contributed by atoms with Crippen molar-refractivity contribution in [1.82, 2.24) is 10.7 Å². The fraction of sp³-hybridized carbons (Fsp3) is 0.0417. The lowest BCUT2D eigenvalue weighted by Gasteiger charge is -2.10. The molecule has 6 nitrogen and oxygen atoms in total. The van der Waals surface area contributed by atoms with Crippen LogP contribution in [0.25, 0.3) is 6.08 Å². The molecule has 0 aliphatic rings. The molecule has 3 rings (SSSR count).